The third kappa shape index (κ3) is 13.7. The van der Waals surface area contributed by atoms with E-state index in [0.29, 0.717) is 0 Å². The quantitative estimate of drug-likeness (QED) is 0.0819. The second kappa shape index (κ2) is 21.3. The first-order valence-corrected chi connectivity index (χ1v) is 18.5. The molecule has 0 aliphatic rings. The second-order valence-corrected chi connectivity index (χ2v) is 13.3. The minimum absolute atomic E-state index is 0.764. The molecule has 6 heterocycles. The molecule has 0 N–H and O–H groups in total. The molecule has 0 atom stereocenters. The van der Waals surface area contributed by atoms with Gasteiger partial charge in [0.05, 0.1) is 34.2 Å². The highest BCUT2D eigenvalue weighted by Gasteiger charge is 2.16. The lowest BCUT2D eigenvalue weighted by atomic mass is 10.2. The molecule has 0 saturated carbocycles. The van der Waals surface area contributed by atoms with Crippen molar-refractivity contribution in [3.63, 3.8) is 0 Å². The molecule has 53 heavy (non-hydrogen) atoms. The van der Waals surface area contributed by atoms with Gasteiger partial charge in [-0.1, -0.05) is 36.4 Å². The average molecular weight is 707 g/mol. The Morgan fingerprint density at radius 3 is 0.717 bits per heavy atom. The number of hydrogen-bond donors (Lipinski definition) is 0. The lowest BCUT2D eigenvalue weighted by molar-refractivity contribution is 0.160. The van der Waals surface area contributed by atoms with Crippen molar-refractivity contribution in [1.29, 1.82) is 0 Å². The first-order valence-electron chi connectivity index (χ1n) is 18.5. The highest BCUT2D eigenvalue weighted by Crippen LogP contribution is 2.12. The van der Waals surface area contributed by atoms with Gasteiger partial charge in [-0.15, -0.1) is 0 Å². The summed E-state index contributed by atoms with van der Waals surface area (Å²) in [7, 11) is 0. The third-order valence-electron chi connectivity index (χ3n) is 9.08. The van der Waals surface area contributed by atoms with Gasteiger partial charge in [0.2, 0.25) is 0 Å². The Bertz CT molecular complexity index is 1600. The van der Waals surface area contributed by atoms with Crippen LogP contribution in [0.5, 0.6) is 0 Å². The molecule has 10 nitrogen and oxygen atoms in total. The summed E-state index contributed by atoms with van der Waals surface area (Å²) in [4.78, 5) is 37.9. The van der Waals surface area contributed by atoms with E-state index >= 15 is 0 Å². The van der Waals surface area contributed by atoms with Crippen LogP contribution < -0.4 is 0 Å². The standard InChI is InChI=1S/C43H50N10/c1-7-20-44-38(14-1)32-50(28-30-52(34-40-16-3-9-22-46-40)35-41-17-4-10-23-47-41)26-13-27-51(33-39-15-2-8-21-45-39)29-31-53(36-42-18-5-11-24-48-42)37-43-19-6-12-25-49-43/h1-12,14-25H,13,26-37H2. The van der Waals surface area contributed by atoms with Gasteiger partial charge >= 0.3 is 0 Å². The van der Waals surface area contributed by atoms with Crippen molar-refractivity contribution in [1.82, 2.24) is 49.5 Å². The van der Waals surface area contributed by atoms with Crippen LogP contribution in [0.2, 0.25) is 0 Å². The minimum atomic E-state index is 0.764. The number of aromatic nitrogens is 6. The average Bonchev–Trinajstić information content (AvgIpc) is 3.21. The van der Waals surface area contributed by atoms with Crippen LogP contribution in [0.15, 0.2) is 146 Å². The van der Waals surface area contributed by atoms with Gasteiger partial charge in [-0.25, -0.2) is 0 Å². The minimum Gasteiger partial charge on any atom is -0.296 e. The second-order valence-electron chi connectivity index (χ2n) is 13.3. The Balaban J connectivity index is 1.12. The van der Waals surface area contributed by atoms with Crippen molar-refractivity contribution in [2.75, 3.05) is 39.3 Å². The molecule has 10 heteroatoms. The van der Waals surface area contributed by atoms with E-state index in [1.54, 1.807) is 0 Å². The fraction of sp³-hybridized carbons (Fsp3) is 0.302. The summed E-state index contributed by atoms with van der Waals surface area (Å²) in [6, 6.07) is 36.9. The molecule has 0 unspecified atom stereocenters. The normalized spacial score (nSPS) is 11.5. The lowest BCUT2D eigenvalue weighted by Crippen LogP contribution is -2.38. The maximum atomic E-state index is 4.69. The Hall–Kier alpha value is -5.26. The van der Waals surface area contributed by atoms with Gasteiger partial charge in [0.1, 0.15) is 0 Å². The third-order valence-corrected chi connectivity index (χ3v) is 9.08. The summed E-state index contributed by atoms with van der Waals surface area (Å²) in [6.07, 6.45) is 12.3. The molecular formula is C43H50N10. The SMILES string of the molecule is c1ccc(CN(CCCN(CCN(Cc2ccccn2)Cc2ccccn2)Cc2ccccn2)CCN(Cc2ccccn2)Cc2ccccn2)nc1. The van der Waals surface area contributed by atoms with Gasteiger partial charge in [-0.05, 0) is 92.3 Å². The summed E-state index contributed by atoms with van der Waals surface area (Å²) in [5.74, 6) is 0. The number of hydrogen-bond acceptors (Lipinski definition) is 10. The number of pyridine rings is 6. The van der Waals surface area contributed by atoms with Crippen LogP contribution in [-0.2, 0) is 39.3 Å². The van der Waals surface area contributed by atoms with Crippen molar-refractivity contribution < 1.29 is 0 Å². The number of nitrogens with zero attached hydrogens (tertiary/aromatic N) is 10. The topological polar surface area (TPSA) is 90.3 Å². The zero-order valence-electron chi connectivity index (χ0n) is 30.5. The van der Waals surface area contributed by atoms with Gasteiger partial charge in [0, 0.05) is 103 Å². The van der Waals surface area contributed by atoms with Crippen molar-refractivity contribution in [3.8, 4) is 0 Å². The lowest BCUT2D eigenvalue weighted by Gasteiger charge is -2.30. The summed E-state index contributed by atoms with van der Waals surface area (Å²) in [5, 5.41) is 0. The zero-order valence-corrected chi connectivity index (χ0v) is 30.5. The van der Waals surface area contributed by atoms with Crippen molar-refractivity contribution in [2.45, 2.75) is 45.7 Å². The molecular weight excluding hydrogens is 657 g/mol. The van der Waals surface area contributed by atoms with Crippen molar-refractivity contribution in [3.05, 3.63) is 181 Å². The highest BCUT2D eigenvalue weighted by molar-refractivity contribution is 5.09. The zero-order chi connectivity index (χ0) is 36.2. The molecule has 0 radical (unpaired) electrons. The van der Waals surface area contributed by atoms with E-state index in [2.05, 4.69) is 122 Å². The van der Waals surface area contributed by atoms with Gasteiger partial charge in [-0.2, -0.15) is 0 Å². The van der Waals surface area contributed by atoms with Gasteiger partial charge in [0.25, 0.3) is 0 Å². The summed E-state index contributed by atoms with van der Waals surface area (Å²) in [5.41, 5.74) is 6.40. The fourth-order valence-corrected chi connectivity index (χ4v) is 6.38. The molecule has 0 spiro atoms. The van der Waals surface area contributed by atoms with Gasteiger partial charge in [-0.3, -0.25) is 49.5 Å². The van der Waals surface area contributed by atoms with Crippen LogP contribution in [-0.4, -0.2) is 88.8 Å². The van der Waals surface area contributed by atoms with Crippen LogP contribution in [0.3, 0.4) is 0 Å². The highest BCUT2D eigenvalue weighted by atomic mass is 15.2. The summed E-state index contributed by atoms with van der Waals surface area (Å²) in [6.45, 7) is 10.1. The summed E-state index contributed by atoms with van der Waals surface area (Å²) >= 11 is 0. The molecule has 6 aromatic heterocycles. The van der Waals surface area contributed by atoms with E-state index < -0.39 is 0 Å². The summed E-state index contributed by atoms with van der Waals surface area (Å²) < 4.78 is 0. The molecule has 0 aliphatic heterocycles. The first-order chi connectivity index (χ1) is 26.2. The molecule has 0 amide bonds. The molecule has 6 rings (SSSR count). The predicted molar refractivity (Wildman–Crippen MR) is 209 cm³/mol. The largest absolute Gasteiger partial charge is 0.296 e. The molecule has 6 aromatic rings. The molecule has 0 aliphatic carbocycles. The monoisotopic (exact) mass is 706 g/mol. The predicted octanol–water partition coefficient (Wildman–Crippen LogP) is 6.16. The molecule has 0 fully saturated rings. The van der Waals surface area contributed by atoms with Crippen LogP contribution in [0, 0.1) is 0 Å². The Morgan fingerprint density at radius 1 is 0.264 bits per heavy atom. The van der Waals surface area contributed by atoms with Crippen LogP contribution in [0.25, 0.3) is 0 Å². The Kier molecular flexibility index (Phi) is 15.1. The van der Waals surface area contributed by atoms with E-state index in [0.717, 1.165) is 119 Å². The molecule has 0 aromatic carbocycles. The smallest absolute Gasteiger partial charge is 0.0544 e. The van der Waals surface area contributed by atoms with Crippen LogP contribution in [0.1, 0.15) is 40.6 Å². The molecule has 0 bridgehead atoms. The van der Waals surface area contributed by atoms with Crippen LogP contribution >= 0.6 is 0 Å². The maximum absolute atomic E-state index is 4.69. The van der Waals surface area contributed by atoms with Gasteiger partial charge in [0.15, 0.2) is 0 Å². The fourth-order valence-electron chi connectivity index (χ4n) is 6.38. The van der Waals surface area contributed by atoms with Gasteiger partial charge < -0.3 is 0 Å². The van der Waals surface area contributed by atoms with E-state index in [4.69, 9.17) is 0 Å². The molecule has 272 valence electrons. The first kappa shape index (κ1) is 37.5. The molecule has 0 saturated heterocycles. The van der Waals surface area contributed by atoms with Crippen molar-refractivity contribution >= 4 is 0 Å². The van der Waals surface area contributed by atoms with Crippen molar-refractivity contribution in [2.24, 2.45) is 0 Å². The van der Waals surface area contributed by atoms with E-state index in [9.17, 15) is 0 Å². The van der Waals surface area contributed by atoms with Crippen LogP contribution in [0.4, 0.5) is 0 Å². The van der Waals surface area contributed by atoms with E-state index in [-0.39, 0.29) is 0 Å². The Labute approximate surface area is 314 Å². The maximum Gasteiger partial charge on any atom is 0.0544 e. The van der Waals surface area contributed by atoms with E-state index in [1.165, 1.54) is 0 Å². The van der Waals surface area contributed by atoms with E-state index in [1.807, 2.05) is 73.6 Å². The Morgan fingerprint density at radius 2 is 0.491 bits per heavy atom. The number of rotatable bonds is 22.